The van der Waals surface area contributed by atoms with Gasteiger partial charge in [0, 0.05) is 28.6 Å². The van der Waals surface area contributed by atoms with Crippen LogP contribution < -0.4 is 5.32 Å². The summed E-state index contributed by atoms with van der Waals surface area (Å²) >= 11 is 0. The number of carboxylic acid groups (broad SMARTS) is 1. The van der Waals surface area contributed by atoms with Crippen molar-refractivity contribution in [1.82, 2.24) is 10.3 Å². The van der Waals surface area contributed by atoms with E-state index in [1.807, 2.05) is 12.1 Å². The Morgan fingerprint density at radius 3 is 2.74 bits per heavy atom. The van der Waals surface area contributed by atoms with Gasteiger partial charge in [0.15, 0.2) is 0 Å². The summed E-state index contributed by atoms with van der Waals surface area (Å²) in [6.07, 6.45) is 0. The molecule has 0 saturated heterocycles. The van der Waals surface area contributed by atoms with E-state index in [2.05, 4.69) is 43.2 Å². The highest BCUT2D eigenvalue weighted by molar-refractivity contribution is 5.85. The molecule has 0 fully saturated rings. The number of nitrogens with one attached hydrogen (secondary N) is 2. The molecule has 0 amide bonds. The predicted octanol–water partition coefficient (Wildman–Crippen LogP) is 2.43. The molecular formula is C15H20N2O2. The Hall–Kier alpha value is -1.81. The minimum Gasteiger partial charge on any atom is -0.480 e. The van der Waals surface area contributed by atoms with Crippen LogP contribution in [0.15, 0.2) is 24.3 Å². The third-order valence-electron chi connectivity index (χ3n) is 3.41. The number of benzene rings is 1. The maximum absolute atomic E-state index is 10.6. The fraction of sp³-hybridized carbons (Fsp3) is 0.400. The monoisotopic (exact) mass is 260 g/mol. The van der Waals surface area contributed by atoms with Gasteiger partial charge in [-0.05, 0) is 18.6 Å². The lowest BCUT2D eigenvalue weighted by molar-refractivity contribution is -0.136. The van der Waals surface area contributed by atoms with Crippen LogP contribution in [0, 0.1) is 6.92 Å². The molecule has 19 heavy (non-hydrogen) atoms. The molecule has 3 N–H and O–H groups in total. The van der Waals surface area contributed by atoms with Gasteiger partial charge in [0.1, 0.15) is 0 Å². The van der Waals surface area contributed by atoms with Crippen LogP contribution in [0.25, 0.3) is 10.9 Å². The molecule has 0 unspecified atom stereocenters. The number of aryl methyl sites for hydroxylation is 1. The normalized spacial score (nSPS) is 11.9. The van der Waals surface area contributed by atoms with Crippen molar-refractivity contribution in [1.29, 1.82) is 0 Å². The number of H-pyrrole nitrogens is 1. The topological polar surface area (TPSA) is 65.1 Å². The molecule has 4 heteroatoms. The van der Waals surface area contributed by atoms with Crippen LogP contribution in [0.1, 0.15) is 25.1 Å². The van der Waals surface area contributed by atoms with Crippen molar-refractivity contribution < 1.29 is 9.90 Å². The number of hydrogen-bond acceptors (Lipinski definition) is 2. The maximum atomic E-state index is 10.6. The summed E-state index contributed by atoms with van der Waals surface area (Å²) in [5, 5.41) is 12.9. The molecule has 0 aliphatic rings. The van der Waals surface area contributed by atoms with Crippen molar-refractivity contribution in [3.63, 3.8) is 0 Å². The highest BCUT2D eigenvalue weighted by Crippen LogP contribution is 2.32. The third kappa shape index (κ3) is 2.79. The smallest absolute Gasteiger partial charge is 0.317 e. The van der Waals surface area contributed by atoms with E-state index in [1.165, 1.54) is 10.9 Å². The minimum absolute atomic E-state index is 0.00909. The molecule has 0 aliphatic heterocycles. The van der Waals surface area contributed by atoms with E-state index < -0.39 is 5.97 Å². The van der Waals surface area contributed by atoms with Crippen LogP contribution in [-0.4, -0.2) is 29.1 Å². The first-order chi connectivity index (χ1) is 8.92. The second-order valence-electron chi connectivity index (χ2n) is 5.55. The molecule has 1 aromatic carbocycles. The van der Waals surface area contributed by atoms with E-state index in [-0.39, 0.29) is 12.0 Å². The lowest BCUT2D eigenvalue weighted by atomic mass is 9.82. The minimum atomic E-state index is -0.827. The first kappa shape index (κ1) is 13.6. The summed E-state index contributed by atoms with van der Waals surface area (Å²) < 4.78 is 0. The van der Waals surface area contributed by atoms with Gasteiger partial charge in [0.05, 0.1) is 6.54 Å². The van der Waals surface area contributed by atoms with Gasteiger partial charge in [0.25, 0.3) is 0 Å². The maximum Gasteiger partial charge on any atom is 0.317 e. The lowest BCUT2D eigenvalue weighted by Crippen LogP contribution is -2.36. The molecular weight excluding hydrogens is 240 g/mol. The van der Waals surface area contributed by atoms with Gasteiger partial charge < -0.3 is 15.4 Å². The predicted molar refractivity (Wildman–Crippen MR) is 76.6 cm³/mol. The van der Waals surface area contributed by atoms with E-state index in [4.69, 9.17) is 5.11 Å². The number of aromatic amines is 1. The van der Waals surface area contributed by atoms with Crippen molar-refractivity contribution in [2.75, 3.05) is 13.1 Å². The van der Waals surface area contributed by atoms with Crippen molar-refractivity contribution in [2.45, 2.75) is 26.2 Å². The number of aromatic nitrogens is 1. The lowest BCUT2D eigenvalue weighted by Gasteiger charge is -2.26. The molecule has 0 atom stereocenters. The highest BCUT2D eigenvalue weighted by Gasteiger charge is 2.26. The van der Waals surface area contributed by atoms with Crippen molar-refractivity contribution >= 4 is 16.9 Å². The second kappa shape index (κ2) is 5.05. The molecule has 0 radical (unpaired) electrons. The largest absolute Gasteiger partial charge is 0.480 e. The number of carboxylic acids is 1. The Balaban J connectivity index is 2.31. The SMILES string of the molecule is Cc1[nH]c2ccccc2c1C(C)(C)CNCC(=O)O. The highest BCUT2D eigenvalue weighted by atomic mass is 16.4. The Morgan fingerprint density at radius 1 is 1.37 bits per heavy atom. The average molecular weight is 260 g/mol. The number of rotatable bonds is 5. The fourth-order valence-electron chi connectivity index (χ4n) is 2.72. The van der Waals surface area contributed by atoms with E-state index in [9.17, 15) is 4.79 Å². The summed E-state index contributed by atoms with van der Waals surface area (Å²) in [6.45, 7) is 6.94. The zero-order chi connectivity index (χ0) is 14.0. The molecule has 102 valence electrons. The summed E-state index contributed by atoms with van der Waals surface area (Å²) in [4.78, 5) is 14.0. The van der Waals surface area contributed by atoms with Crippen LogP contribution in [0.4, 0.5) is 0 Å². The summed E-state index contributed by atoms with van der Waals surface area (Å²) in [5.74, 6) is -0.827. The molecule has 2 rings (SSSR count). The van der Waals surface area contributed by atoms with Crippen molar-refractivity contribution in [2.24, 2.45) is 0 Å². The molecule has 4 nitrogen and oxygen atoms in total. The van der Waals surface area contributed by atoms with Crippen LogP contribution in [-0.2, 0) is 10.2 Å². The van der Waals surface area contributed by atoms with Crippen LogP contribution in [0.3, 0.4) is 0 Å². The van der Waals surface area contributed by atoms with Crippen molar-refractivity contribution in [3.05, 3.63) is 35.5 Å². The van der Waals surface area contributed by atoms with Gasteiger partial charge in [-0.1, -0.05) is 32.0 Å². The van der Waals surface area contributed by atoms with Crippen LogP contribution >= 0.6 is 0 Å². The molecule has 1 heterocycles. The van der Waals surface area contributed by atoms with E-state index in [0.29, 0.717) is 6.54 Å². The first-order valence-electron chi connectivity index (χ1n) is 6.42. The van der Waals surface area contributed by atoms with Crippen LogP contribution in [0.5, 0.6) is 0 Å². The molecule has 0 saturated carbocycles. The Morgan fingerprint density at radius 2 is 2.05 bits per heavy atom. The van der Waals surface area contributed by atoms with Gasteiger partial charge in [-0.25, -0.2) is 0 Å². The number of hydrogen-bond donors (Lipinski definition) is 3. The Kier molecular flexibility index (Phi) is 3.62. The molecule has 1 aromatic heterocycles. The Labute approximate surface area is 112 Å². The summed E-state index contributed by atoms with van der Waals surface area (Å²) in [5.41, 5.74) is 3.39. The number of para-hydroxylation sites is 1. The van der Waals surface area contributed by atoms with Gasteiger partial charge in [-0.2, -0.15) is 0 Å². The van der Waals surface area contributed by atoms with E-state index >= 15 is 0 Å². The molecule has 0 bridgehead atoms. The van der Waals surface area contributed by atoms with Gasteiger partial charge >= 0.3 is 5.97 Å². The first-order valence-corrected chi connectivity index (χ1v) is 6.42. The molecule has 0 spiro atoms. The quantitative estimate of drug-likeness (QED) is 0.773. The van der Waals surface area contributed by atoms with Gasteiger partial charge in [-0.3, -0.25) is 4.79 Å². The standard InChI is InChI=1S/C15H20N2O2/c1-10-14(11-6-4-5-7-12(11)17-10)15(2,3)9-16-8-13(18)19/h4-7,16-17H,8-9H2,1-3H3,(H,18,19). The third-order valence-corrected chi connectivity index (χ3v) is 3.41. The molecule has 0 aliphatic carbocycles. The van der Waals surface area contributed by atoms with Gasteiger partial charge in [-0.15, -0.1) is 0 Å². The van der Waals surface area contributed by atoms with E-state index in [1.54, 1.807) is 0 Å². The number of fused-ring (bicyclic) bond motifs is 1. The molecule has 2 aromatic rings. The van der Waals surface area contributed by atoms with Gasteiger partial charge in [0.2, 0.25) is 0 Å². The number of carbonyl (C=O) groups is 1. The fourth-order valence-corrected chi connectivity index (χ4v) is 2.72. The zero-order valence-corrected chi connectivity index (χ0v) is 11.6. The number of aliphatic carboxylic acids is 1. The van der Waals surface area contributed by atoms with Crippen molar-refractivity contribution in [3.8, 4) is 0 Å². The Bertz CT molecular complexity index is 599. The summed E-state index contributed by atoms with van der Waals surface area (Å²) in [6, 6.07) is 8.21. The zero-order valence-electron chi connectivity index (χ0n) is 11.6. The average Bonchev–Trinajstić information content (AvgIpc) is 2.64. The van der Waals surface area contributed by atoms with Crippen LogP contribution in [0.2, 0.25) is 0 Å². The van der Waals surface area contributed by atoms with E-state index in [0.717, 1.165) is 11.2 Å². The second-order valence-corrected chi connectivity index (χ2v) is 5.55. The summed E-state index contributed by atoms with van der Waals surface area (Å²) in [7, 11) is 0.